The zero-order chi connectivity index (χ0) is 45.3. The summed E-state index contributed by atoms with van der Waals surface area (Å²) in [5.74, 6) is 0. The van der Waals surface area contributed by atoms with Crippen LogP contribution in [0.3, 0.4) is 0 Å². The van der Waals surface area contributed by atoms with Gasteiger partial charge in [0.05, 0.1) is 44.8 Å². The third-order valence-electron chi connectivity index (χ3n) is 10.4. The van der Waals surface area contributed by atoms with Gasteiger partial charge in [-0.25, -0.2) is 9.97 Å². The van der Waals surface area contributed by atoms with Crippen molar-refractivity contribution in [1.29, 1.82) is 0 Å². The largest absolute Gasteiger partial charge is 0.353 e. The van der Waals surface area contributed by atoms with E-state index >= 15 is 0 Å². The summed E-state index contributed by atoms with van der Waals surface area (Å²) in [4.78, 5) is 7.58. The Labute approximate surface area is 365 Å². The van der Waals surface area contributed by atoms with E-state index < -0.39 is 105 Å². The zero-order valence-corrected chi connectivity index (χ0v) is 35.7. The van der Waals surface area contributed by atoms with Crippen LogP contribution in [0.25, 0.3) is 73.8 Å². The maximum atomic E-state index is 14.5. The Morgan fingerprint density at radius 2 is 0.812 bits per heavy atom. The molecule has 8 bridgehead atoms. The van der Waals surface area contributed by atoms with E-state index in [2.05, 4.69) is 15.0 Å². The van der Waals surface area contributed by atoms with Crippen LogP contribution in [0.2, 0.25) is 0 Å². The number of hydrogen-bond donors (Lipinski definition) is 5. The molecule has 0 saturated heterocycles. The van der Waals surface area contributed by atoms with Crippen LogP contribution in [-0.4, -0.2) is 71.4 Å². The topological polar surface area (TPSA) is 264 Å². The first-order valence-electron chi connectivity index (χ1n) is 18.7. The molecule has 64 heavy (non-hydrogen) atoms. The van der Waals surface area contributed by atoms with Crippen LogP contribution in [0.15, 0.2) is 153 Å². The van der Waals surface area contributed by atoms with Crippen molar-refractivity contribution in [1.82, 2.24) is 19.5 Å². The minimum atomic E-state index is -5.62. The van der Waals surface area contributed by atoms with Crippen molar-refractivity contribution in [3.63, 3.8) is 0 Å². The number of aromatic nitrogens is 4. The highest BCUT2D eigenvalue weighted by Crippen LogP contribution is 2.49. The lowest BCUT2D eigenvalue weighted by molar-refractivity contribution is 0.481. The first kappa shape index (κ1) is 42.4. The lowest BCUT2D eigenvalue weighted by Gasteiger charge is -2.14. The summed E-state index contributed by atoms with van der Waals surface area (Å²) < 4.78 is 157. The molecule has 0 amide bonds. The number of hydrogen-bond acceptors (Lipinski definition) is 10. The molecule has 5 N–H and O–H groups in total. The molecule has 0 atom stereocenters. The summed E-state index contributed by atoms with van der Waals surface area (Å²) in [7, 11) is -21.9. The van der Waals surface area contributed by atoms with Gasteiger partial charge in [-0.3, -0.25) is 18.2 Å². The lowest BCUT2D eigenvalue weighted by atomic mass is 9.95. The van der Waals surface area contributed by atoms with Crippen molar-refractivity contribution < 1.29 is 51.9 Å². The third-order valence-corrected chi connectivity index (χ3v) is 14.1. The summed E-state index contributed by atoms with van der Waals surface area (Å²) >= 11 is 0. The summed E-state index contributed by atoms with van der Waals surface area (Å²) in [6.45, 7) is 0. The Balaban J connectivity index is 1.77. The molecule has 0 spiro atoms. The van der Waals surface area contributed by atoms with E-state index in [9.17, 15) is 51.9 Å². The van der Waals surface area contributed by atoms with Crippen LogP contribution in [-0.2, 0) is 40.5 Å². The first-order chi connectivity index (χ1) is 30.3. The minimum absolute atomic E-state index is 0.0425. The second-order valence-corrected chi connectivity index (χ2v) is 19.8. The fraction of sp³-hybridized carbons (Fsp3) is 0. The van der Waals surface area contributed by atoms with Gasteiger partial charge in [0.15, 0.2) is 0 Å². The second-order valence-electron chi connectivity index (χ2n) is 14.3. The lowest BCUT2D eigenvalue weighted by Crippen LogP contribution is -2.09. The molecule has 0 unspecified atom stereocenters. The van der Waals surface area contributed by atoms with E-state index in [-0.39, 0.29) is 39.1 Å². The van der Waals surface area contributed by atoms with Crippen LogP contribution in [0.1, 0.15) is 28.3 Å². The monoisotopic (exact) mass is 934 g/mol. The highest BCUT2D eigenvalue weighted by Gasteiger charge is 2.36. The van der Waals surface area contributed by atoms with Crippen molar-refractivity contribution in [2.45, 2.75) is 19.6 Å². The molecule has 322 valence electrons. The molecule has 20 heteroatoms. The molecule has 2 aliphatic heterocycles. The smallest absolute Gasteiger partial charge is 0.298 e. The van der Waals surface area contributed by atoms with Crippen LogP contribution >= 0.6 is 0 Å². The maximum absolute atomic E-state index is 14.5. The SMILES string of the molecule is O=S(=O)(O)c1c2nc(c(S(=O)(=O)O)c3c(-c4ccccc4)c(-c4ccccc4)c(c(S(=O)(=O)O)c4nc(c(S(=O)(=O)O)c5ccc1[nH]5)C=C4c1ccccc1)n3-c1ccccc1)C=C2. The van der Waals surface area contributed by atoms with Crippen LogP contribution < -0.4 is 0 Å². The van der Waals surface area contributed by atoms with Gasteiger partial charge in [0.25, 0.3) is 40.5 Å². The van der Waals surface area contributed by atoms with E-state index in [1.165, 1.54) is 12.1 Å². The summed E-state index contributed by atoms with van der Waals surface area (Å²) in [6, 6.07) is 33.8. The van der Waals surface area contributed by atoms with Gasteiger partial charge < -0.3 is 9.55 Å². The number of nitrogens with zero attached hydrogens (tertiary/aromatic N) is 3. The van der Waals surface area contributed by atoms with Crippen molar-refractivity contribution in [2.75, 3.05) is 0 Å². The molecule has 4 aromatic carbocycles. The number of rotatable bonds is 8. The fourth-order valence-corrected chi connectivity index (χ4v) is 11.2. The molecule has 0 radical (unpaired) electrons. The predicted molar refractivity (Wildman–Crippen MR) is 238 cm³/mol. The van der Waals surface area contributed by atoms with E-state index in [0.29, 0.717) is 0 Å². The summed E-state index contributed by atoms with van der Waals surface area (Å²) in [6.07, 6.45) is 3.22. The fourth-order valence-electron chi connectivity index (χ4n) is 7.98. The highest BCUT2D eigenvalue weighted by molar-refractivity contribution is 7.87. The first-order valence-corrected chi connectivity index (χ1v) is 24.5. The molecule has 0 saturated carbocycles. The van der Waals surface area contributed by atoms with Gasteiger partial charge in [0, 0.05) is 22.4 Å². The summed E-state index contributed by atoms with van der Waals surface area (Å²) in [5, 5.41) is 0. The van der Waals surface area contributed by atoms with E-state index in [1.807, 2.05) is 0 Å². The molecule has 9 rings (SSSR count). The highest BCUT2D eigenvalue weighted by atomic mass is 32.2. The maximum Gasteiger partial charge on any atom is 0.298 e. The van der Waals surface area contributed by atoms with Gasteiger partial charge >= 0.3 is 0 Å². The normalized spacial score (nSPS) is 13.2. The summed E-state index contributed by atoms with van der Waals surface area (Å²) in [5.41, 5.74) is -3.59. The van der Waals surface area contributed by atoms with Crippen LogP contribution in [0, 0.1) is 0 Å². The number of H-pyrrole nitrogens is 1. The standard InChI is InChI=1S/C44H30N4O12S4/c49-61(50,51)41-31-21-22-33(45-31)42(62(52,53)54)35-25-30(26-13-5-1-6-14-26)38(47-35)44(64(58,59)60)40-37(28-17-9-3-10-18-28)36(27-15-7-2-8-16-27)39(48(40)29-19-11-4-12-20-29)43(63(55,56)57)34-24-23-32(41)46-34/h1-25,45H,(H,49,50,51)(H,52,53,54)(H,55,56,57)(H,58,59,60). The van der Waals surface area contributed by atoms with Crippen molar-refractivity contribution in [3.8, 4) is 27.9 Å². The van der Waals surface area contributed by atoms with Gasteiger partial charge in [0.1, 0.15) is 19.6 Å². The van der Waals surface area contributed by atoms with E-state index in [0.717, 1.165) is 34.9 Å². The van der Waals surface area contributed by atoms with Gasteiger partial charge in [0.2, 0.25) is 0 Å². The van der Waals surface area contributed by atoms with Crippen LogP contribution in [0.5, 0.6) is 0 Å². The molecule has 0 fully saturated rings. The molecule has 7 aromatic rings. The number of nitrogens with one attached hydrogen (secondary N) is 1. The zero-order valence-electron chi connectivity index (χ0n) is 32.5. The number of aromatic amines is 1. The molecule has 2 aliphatic rings. The number of benzene rings is 4. The molecule has 5 heterocycles. The molecular weight excluding hydrogens is 905 g/mol. The molecule has 0 aliphatic carbocycles. The third kappa shape index (κ3) is 7.46. The average molecular weight is 935 g/mol. The predicted octanol–water partition coefficient (Wildman–Crippen LogP) is 7.86. The average Bonchev–Trinajstić information content (AvgIpc) is 4.05. The van der Waals surface area contributed by atoms with Gasteiger partial charge in [-0.2, -0.15) is 33.7 Å². The van der Waals surface area contributed by atoms with Crippen molar-refractivity contribution in [3.05, 3.63) is 162 Å². The van der Waals surface area contributed by atoms with Gasteiger partial charge in [-0.15, -0.1) is 0 Å². The van der Waals surface area contributed by atoms with Crippen LogP contribution in [0.4, 0.5) is 0 Å². The Kier molecular flexibility index (Phi) is 10.2. The van der Waals surface area contributed by atoms with E-state index in [1.54, 1.807) is 109 Å². The Morgan fingerprint density at radius 1 is 0.422 bits per heavy atom. The number of fused-ring (bicyclic) bond motifs is 8. The van der Waals surface area contributed by atoms with Gasteiger partial charge in [-0.05, 0) is 59.2 Å². The van der Waals surface area contributed by atoms with E-state index in [4.69, 9.17) is 0 Å². The van der Waals surface area contributed by atoms with Gasteiger partial charge in [-0.1, -0.05) is 109 Å². The Morgan fingerprint density at radius 3 is 1.27 bits per heavy atom. The Hall–Kier alpha value is -6.88. The van der Waals surface area contributed by atoms with Crippen molar-refractivity contribution in [2.24, 2.45) is 0 Å². The quantitative estimate of drug-likeness (QED) is 0.0909. The number of para-hydroxylation sites is 1. The molecular formula is C44H30N4O12S4. The minimum Gasteiger partial charge on any atom is -0.353 e. The Bertz CT molecular complexity index is 3800. The molecule has 16 nitrogen and oxygen atoms in total. The second kappa shape index (κ2) is 15.4. The van der Waals surface area contributed by atoms with Crippen molar-refractivity contribution >= 4 is 86.3 Å². The molecule has 3 aromatic heterocycles.